The Bertz CT molecular complexity index is 263. The van der Waals surface area contributed by atoms with Gasteiger partial charge in [0.05, 0.1) is 11.8 Å². The molecule has 0 aromatic heterocycles. The maximum atomic E-state index is 11.5. The van der Waals surface area contributed by atoms with Gasteiger partial charge >= 0.3 is 5.97 Å². The van der Waals surface area contributed by atoms with Gasteiger partial charge in [0.2, 0.25) is 0 Å². The zero-order valence-electron chi connectivity index (χ0n) is 8.58. The van der Waals surface area contributed by atoms with E-state index in [2.05, 4.69) is 6.58 Å². The number of hydrogen-bond acceptors (Lipinski definition) is 3. The van der Waals surface area contributed by atoms with Crippen LogP contribution in [0.15, 0.2) is 12.7 Å². The Kier molecular flexibility index (Phi) is 4.82. The fraction of sp³-hybridized carbons (Fsp3) is 0.636. The number of hydrogen-bond donors (Lipinski definition) is 0. The van der Waals surface area contributed by atoms with E-state index < -0.39 is 5.97 Å². The van der Waals surface area contributed by atoms with Crippen molar-refractivity contribution in [2.75, 3.05) is 5.88 Å². The van der Waals surface area contributed by atoms with Gasteiger partial charge in [-0.05, 0) is 19.3 Å². The number of ketones is 1. The molecule has 1 saturated carbocycles. The monoisotopic (exact) mass is 230 g/mol. The molecule has 3 nitrogen and oxygen atoms in total. The lowest BCUT2D eigenvalue weighted by Crippen LogP contribution is -2.35. The molecule has 0 aliphatic heterocycles. The van der Waals surface area contributed by atoms with E-state index in [9.17, 15) is 9.59 Å². The highest BCUT2D eigenvalue weighted by atomic mass is 35.5. The van der Waals surface area contributed by atoms with Gasteiger partial charge in [-0.1, -0.05) is 13.0 Å². The Morgan fingerprint density at radius 3 is 2.67 bits per heavy atom. The molecule has 1 aliphatic carbocycles. The minimum atomic E-state index is -0.464. The maximum Gasteiger partial charge on any atom is 0.330 e. The first-order chi connectivity index (χ1) is 7.19. The van der Waals surface area contributed by atoms with Crippen LogP contribution in [0.3, 0.4) is 0 Å². The SMILES string of the molecule is C=CC(=O)OC1CCCCC1C(=O)CCl. The number of Topliss-reactive ketones (excluding diaryl/α,β-unsaturated/α-hetero) is 1. The highest BCUT2D eigenvalue weighted by molar-refractivity contribution is 6.28. The van der Waals surface area contributed by atoms with Crippen LogP contribution in [0.2, 0.25) is 0 Å². The smallest absolute Gasteiger partial charge is 0.330 e. The Morgan fingerprint density at radius 1 is 1.40 bits per heavy atom. The van der Waals surface area contributed by atoms with Crippen LogP contribution < -0.4 is 0 Å². The van der Waals surface area contributed by atoms with E-state index in [1.165, 1.54) is 0 Å². The summed E-state index contributed by atoms with van der Waals surface area (Å²) in [5, 5.41) is 0. The van der Waals surface area contributed by atoms with Crippen molar-refractivity contribution in [3.05, 3.63) is 12.7 Å². The maximum absolute atomic E-state index is 11.5. The Morgan fingerprint density at radius 2 is 2.07 bits per heavy atom. The molecule has 2 atom stereocenters. The summed E-state index contributed by atoms with van der Waals surface area (Å²) in [6, 6.07) is 0. The molecule has 0 saturated heterocycles. The van der Waals surface area contributed by atoms with Gasteiger partial charge in [0.15, 0.2) is 5.78 Å². The van der Waals surface area contributed by atoms with Crippen LogP contribution in [0.5, 0.6) is 0 Å². The van der Waals surface area contributed by atoms with E-state index in [-0.39, 0.29) is 23.7 Å². The van der Waals surface area contributed by atoms with E-state index in [4.69, 9.17) is 16.3 Å². The third kappa shape index (κ3) is 3.34. The van der Waals surface area contributed by atoms with Crippen molar-refractivity contribution < 1.29 is 14.3 Å². The van der Waals surface area contributed by atoms with Gasteiger partial charge in [-0.3, -0.25) is 4.79 Å². The third-order valence-corrected chi connectivity index (χ3v) is 2.95. The average Bonchev–Trinajstić information content (AvgIpc) is 2.28. The van der Waals surface area contributed by atoms with Gasteiger partial charge in [0.25, 0.3) is 0 Å². The molecule has 0 radical (unpaired) electrons. The number of rotatable bonds is 4. The Balaban J connectivity index is 2.61. The fourth-order valence-electron chi connectivity index (χ4n) is 1.90. The number of ether oxygens (including phenoxy) is 1. The predicted octanol–water partition coefficient (Wildman–Crippen LogP) is 2.08. The molecule has 84 valence electrons. The molecular weight excluding hydrogens is 216 g/mol. The van der Waals surface area contributed by atoms with E-state index in [0.717, 1.165) is 31.8 Å². The lowest BCUT2D eigenvalue weighted by molar-refractivity contribution is -0.149. The molecule has 0 aromatic carbocycles. The predicted molar refractivity (Wildman–Crippen MR) is 57.8 cm³/mol. The molecule has 1 fully saturated rings. The molecule has 15 heavy (non-hydrogen) atoms. The van der Waals surface area contributed by atoms with Crippen molar-refractivity contribution >= 4 is 23.4 Å². The van der Waals surface area contributed by atoms with Gasteiger partial charge in [0, 0.05) is 6.08 Å². The topological polar surface area (TPSA) is 43.4 Å². The highest BCUT2D eigenvalue weighted by Crippen LogP contribution is 2.28. The first-order valence-corrected chi connectivity index (χ1v) is 5.64. The molecule has 1 aliphatic rings. The van der Waals surface area contributed by atoms with Gasteiger partial charge in [0.1, 0.15) is 6.10 Å². The van der Waals surface area contributed by atoms with Crippen molar-refractivity contribution in [1.29, 1.82) is 0 Å². The summed E-state index contributed by atoms with van der Waals surface area (Å²) in [6.07, 6.45) is 4.30. The number of carbonyl (C=O) groups excluding carboxylic acids is 2. The van der Waals surface area contributed by atoms with Crippen molar-refractivity contribution in [3.8, 4) is 0 Å². The fourth-order valence-corrected chi connectivity index (χ4v) is 2.10. The van der Waals surface area contributed by atoms with Crippen LogP contribution in [0.1, 0.15) is 25.7 Å². The van der Waals surface area contributed by atoms with Crippen LogP contribution in [-0.4, -0.2) is 23.7 Å². The van der Waals surface area contributed by atoms with Gasteiger partial charge in [-0.15, -0.1) is 11.6 Å². The molecule has 2 unspecified atom stereocenters. The third-order valence-electron chi connectivity index (χ3n) is 2.68. The van der Waals surface area contributed by atoms with Crippen molar-refractivity contribution in [3.63, 3.8) is 0 Å². The number of alkyl halides is 1. The summed E-state index contributed by atoms with van der Waals surface area (Å²) in [5.41, 5.74) is 0. The van der Waals surface area contributed by atoms with E-state index in [1.807, 2.05) is 0 Å². The van der Waals surface area contributed by atoms with E-state index in [1.54, 1.807) is 0 Å². The molecule has 0 heterocycles. The normalized spacial score (nSPS) is 25.7. The molecule has 4 heteroatoms. The number of carbonyl (C=O) groups is 2. The quantitative estimate of drug-likeness (QED) is 0.422. The zero-order valence-corrected chi connectivity index (χ0v) is 9.33. The number of esters is 1. The van der Waals surface area contributed by atoms with Crippen molar-refractivity contribution in [1.82, 2.24) is 0 Å². The molecule has 1 rings (SSSR count). The zero-order chi connectivity index (χ0) is 11.3. The second kappa shape index (κ2) is 5.91. The van der Waals surface area contributed by atoms with E-state index >= 15 is 0 Å². The minimum Gasteiger partial charge on any atom is -0.458 e. The summed E-state index contributed by atoms with van der Waals surface area (Å²) in [7, 11) is 0. The van der Waals surface area contributed by atoms with E-state index in [0.29, 0.717) is 0 Å². The summed E-state index contributed by atoms with van der Waals surface area (Å²) in [6.45, 7) is 3.33. The highest BCUT2D eigenvalue weighted by Gasteiger charge is 2.32. The molecule has 0 bridgehead atoms. The van der Waals surface area contributed by atoms with Crippen LogP contribution in [-0.2, 0) is 14.3 Å². The molecule has 0 spiro atoms. The van der Waals surface area contributed by atoms with Crippen LogP contribution in [0.4, 0.5) is 0 Å². The second-order valence-electron chi connectivity index (χ2n) is 3.67. The van der Waals surface area contributed by atoms with Gasteiger partial charge < -0.3 is 4.74 Å². The largest absolute Gasteiger partial charge is 0.458 e. The van der Waals surface area contributed by atoms with Crippen LogP contribution in [0, 0.1) is 5.92 Å². The lowest BCUT2D eigenvalue weighted by Gasteiger charge is -2.29. The molecule has 0 N–H and O–H groups in total. The van der Waals surface area contributed by atoms with Gasteiger partial charge in [-0.25, -0.2) is 4.79 Å². The molecule has 0 aromatic rings. The lowest BCUT2D eigenvalue weighted by atomic mass is 9.84. The summed E-state index contributed by atoms with van der Waals surface area (Å²) >= 11 is 5.51. The summed E-state index contributed by atoms with van der Waals surface area (Å²) < 4.78 is 5.14. The standard InChI is InChI=1S/C11H15ClO3/c1-2-11(14)15-10-6-4-3-5-8(10)9(13)7-12/h2,8,10H,1,3-7H2. The average molecular weight is 231 g/mol. The number of halogens is 1. The second-order valence-corrected chi connectivity index (χ2v) is 3.94. The molecular formula is C11H15ClO3. The van der Waals surface area contributed by atoms with Crippen molar-refractivity contribution in [2.45, 2.75) is 31.8 Å². The Labute approximate surface area is 94.4 Å². The summed E-state index contributed by atoms with van der Waals surface area (Å²) in [5.74, 6) is -0.722. The molecule has 0 amide bonds. The summed E-state index contributed by atoms with van der Waals surface area (Å²) in [4.78, 5) is 22.5. The van der Waals surface area contributed by atoms with Crippen molar-refractivity contribution in [2.24, 2.45) is 5.92 Å². The first kappa shape index (κ1) is 12.2. The minimum absolute atomic E-state index is 0.00714. The Hall–Kier alpha value is -0.830. The first-order valence-electron chi connectivity index (χ1n) is 5.10. The van der Waals surface area contributed by atoms with Crippen LogP contribution in [0.25, 0.3) is 0 Å². The van der Waals surface area contributed by atoms with Gasteiger partial charge in [-0.2, -0.15) is 0 Å². The van der Waals surface area contributed by atoms with Crippen LogP contribution >= 0.6 is 11.6 Å².